The molecule has 0 aromatic heterocycles. The third-order valence-electron chi connectivity index (χ3n) is 16.0. The quantitative estimate of drug-likeness (QED) is 0.0204. The molecule has 0 radical (unpaired) electrons. The van der Waals surface area contributed by atoms with Crippen molar-refractivity contribution in [1.29, 1.82) is 0 Å². The molecular formula is C66H121NO13. The first-order chi connectivity index (χ1) is 39.1. The van der Waals surface area contributed by atoms with Gasteiger partial charge in [0, 0.05) is 6.42 Å². The van der Waals surface area contributed by atoms with Crippen molar-refractivity contribution in [2.45, 2.75) is 344 Å². The van der Waals surface area contributed by atoms with Gasteiger partial charge in [-0.1, -0.05) is 242 Å². The van der Waals surface area contributed by atoms with Gasteiger partial charge in [0.1, 0.15) is 48.8 Å². The van der Waals surface area contributed by atoms with Gasteiger partial charge in [0.15, 0.2) is 12.6 Å². The first-order valence-electron chi connectivity index (χ1n) is 32.9. The number of allylic oxidation sites excluding steroid dienone is 7. The van der Waals surface area contributed by atoms with Gasteiger partial charge in [0.25, 0.3) is 0 Å². The van der Waals surface area contributed by atoms with Crippen LogP contribution < -0.4 is 5.32 Å². The van der Waals surface area contributed by atoms with Gasteiger partial charge in [-0.05, 0) is 70.6 Å². The highest BCUT2D eigenvalue weighted by atomic mass is 16.7. The Morgan fingerprint density at radius 1 is 0.438 bits per heavy atom. The Balaban J connectivity index is 1.75. The van der Waals surface area contributed by atoms with Gasteiger partial charge in [-0.3, -0.25) is 4.79 Å². The molecule has 0 aromatic carbocycles. The Bertz CT molecular complexity index is 1530. The summed E-state index contributed by atoms with van der Waals surface area (Å²) in [5.41, 5.74) is 0. The molecule has 80 heavy (non-hydrogen) atoms. The van der Waals surface area contributed by atoms with Crippen LogP contribution >= 0.6 is 0 Å². The van der Waals surface area contributed by atoms with E-state index in [1.54, 1.807) is 6.08 Å². The molecular weight excluding hydrogens is 1010 g/mol. The summed E-state index contributed by atoms with van der Waals surface area (Å²) in [7, 11) is 0. The molecule has 0 aliphatic carbocycles. The Morgan fingerprint density at radius 2 is 0.800 bits per heavy atom. The van der Waals surface area contributed by atoms with Crippen LogP contribution in [-0.2, 0) is 23.7 Å². The minimum atomic E-state index is -1.79. The number of aliphatic hydroxyl groups is 8. The van der Waals surface area contributed by atoms with E-state index >= 15 is 0 Å². The molecule has 1 amide bonds. The van der Waals surface area contributed by atoms with E-state index in [-0.39, 0.29) is 18.9 Å². The average Bonchev–Trinajstić information content (AvgIpc) is 3.46. The second-order valence-electron chi connectivity index (χ2n) is 23.2. The van der Waals surface area contributed by atoms with Crippen molar-refractivity contribution in [3.05, 3.63) is 48.6 Å². The molecule has 2 rings (SSSR count). The molecule has 9 N–H and O–H groups in total. The third-order valence-corrected chi connectivity index (χ3v) is 16.0. The molecule has 14 heteroatoms. The number of carbonyl (C=O) groups is 1. The van der Waals surface area contributed by atoms with E-state index in [0.717, 1.165) is 44.9 Å². The van der Waals surface area contributed by atoms with Crippen LogP contribution in [-0.4, -0.2) is 140 Å². The smallest absolute Gasteiger partial charge is 0.220 e. The molecule has 0 aromatic rings. The Morgan fingerprint density at radius 3 is 1.23 bits per heavy atom. The summed E-state index contributed by atoms with van der Waals surface area (Å²) in [4.78, 5) is 13.3. The number of amides is 1. The summed E-state index contributed by atoms with van der Waals surface area (Å²) < 4.78 is 22.8. The van der Waals surface area contributed by atoms with Crippen molar-refractivity contribution >= 4 is 5.91 Å². The monoisotopic (exact) mass is 1140 g/mol. The fourth-order valence-electron chi connectivity index (χ4n) is 10.7. The van der Waals surface area contributed by atoms with E-state index in [0.29, 0.717) is 12.8 Å². The van der Waals surface area contributed by atoms with Crippen molar-refractivity contribution in [2.24, 2.45) is 0 Å². The first-order valence-corrected chi connectivity index (χ1v) is 32.9. The lowest BCUT2D eigenvalue weighted by Gasteiger charge is -2.46. The molecule has 0 saturated carbocycles. The van der Waals surface area contributed by atoms with E-state index in [9.17, 15) is 45.6 Å². The predicted molar refractivity (Wildman–Crippen MR) is 323 cm³/mol. The minimum Gasteiger partial charge on any atom is -0.394 e. The van der Waals surface area contributed by atoms with Crippen molar-refractivity contribution in [3.8, 4) is 0 Å². The van der Waals surface area contributed by atoms with Crippen LogP contribution in [0, 0.1) is 0 Å². The van der Waals surface area contributed by atoms with Crippen LogP contribution in [0.4, 0.5) is 0 Å². The van der Waals surface area contributed by atoms with Crippen molar-refractivity contribution in [3.63, 3.8) is 0 Å². The Hall–Kier alpha value is -2.05. The number of hydrogen-bond donors (Lipinski definition) is 9. The maximum Gasteiger partial charge on any atom is 0.220 e. The summed E-state index contributed by atoms with van der Waals surface area (Å²) in [6.07, 6.45) is 48.7. The maximum atomic E-state index is 13.3. The van der Waals surface area contributed by atoms with E-state index < -0.39 is 86.8 Å². The van der Waals surface area contributed by atoms with Gasteiger partial charge >= 0.3 is 0 Å². The normalized spacial score (nSPS) is 24.5. The second kappa shape index (κ2) is 51.4. The van der Waals surface area contributed by atoms with E-state index in [1.165, 1.54) is 193 Å². The van der Waals surface area contributed by atoms with E-state index in [2.05, 4.69) is 55.6 Å². The van der Waals surface area contributed by atoms with Gasteiger partial charge < -0.3 is 65.1 Å². The number of rotatable bonds is 53. The molecule has 2 heterocycles. The summed E-state index contributed by atoms with van der Waals surface area (Å²) in [6.45, 7) is 2.80. The van der Waals surface area contributed by atoms with E-state index in [1.807, 2.05) is 6.08 Å². The molecule has 12 atom stereocenters. The number of hydrogen-bond acceptors (Lipinski definition) is 13. The summed E-state index contributed by atoms with van der Waals surface area (Å²) >= 11 is 0. The zero-order chi connectivity index (χ0) is 58.1. The van der Waals surface area contributed by atoms with Crippen LogP contribution in [0.15, 0.2) is 48.6 Å². The molecule has 14 nitrogen and oxygen atoms in total. The average molecular weight is 1140 g/mol. The topological polar surface area (TPSA) is 228 Å². The third kappa shape index (κ3) is 35.9. The van der Waals surface area contributed by atoms with Gasteiger partial charge in [-0.2, -0.15) is 0 Å². The number of aliphatic hydroxyl groups excluding tert-OH is 8. The lowest BCUT2D eigenvalue weighted by atomic mass is 9.97. The molecule has 2 fully saturated rings. The lowest BCUT2D eigenvalue weighted by molar-refractivity contribution is -0.359. The molecule has 2 aliphatic heterocycles. The van der Waals surface area contributed by atoms with Crippen LogP contribution in [0.1, 0.15) is 271 Å². The molecule has 2 saturated heterocycles. The molecule has 2 aliphatic rings. The highest BCUT2D eigenvalue weighted by molar-refractivity contribution is 5.76. The summed E-state index contributed by atoms with van der Waals surface area (Å²) in [5.74, 6) is -0.252. The fourth-order valence-corrected chi connectivity index (χ4v) is 10.7. The number of unbranched alkanes of at least 4 members (excludes halogenated alkanes) is 34. The van der Waals surface area contributed by atoms with Gasteiger partial charge in [-0.25, -0.2) is 0 Å². The van der Waals surface area contributed by atoms with Crippen molar-refractivity contribution < 1.29 is 64.6 Å². The first kappa shape index (κ1) is 74.1. The Kier molecular flexibility index (Phi) is 47.6. The molecule has 0 bridgehead atoms. The fraction of sp³-hybridized carbons (Fsp3) is 0.864. The zero-order valence-electron chi connectivity index (χ0n) is 50.6. The van der Waals surface area contributed by atoms with Gasteiger partial charge in [-0.15, -0.1) is 0 Å². The van der Waals surface area contributed by atoms with Crippen LogP contribution in [0.2, 0.25) is 0 Å². The standard InChI is InChI=1S/C66H121NO13/c1-3-5-7-9-11-13-15-17-19-21-23-25-27-29-31-33-35-37-39-41-43-45-47-49-55(70)54(53-77-65-63(76)61(74)64(57(52-69)79-65)80-66-62(75)60(73)59(72)56(51-68)78-66)67-58(71)50-48-46-44-42-40-38-36-34-32-30-28-26-24-22-20-18-16-14-12-10-8-6-4-2/h22,24,31,33,39,41,47,49,54-57,59-66,68-70,72-76H,3-21,23,25-30,32,34-38,40,42-46,48,50-53H2,1-2H3,(H,67,71)/b24-22-,33-31+,41-39+,49-47+. The number of ether oxygens (including phenoxy) is 4. The highest BCUT2D eigenvalue weighted by Gasteiger charge is 2.51. The molecule has 468 valence electrons. The van der Waals surface area contributed by atoms with Gasteiger partial charge in [0.05, 0.1) is 32.0 Å². The lowest BCUT2D eigenvalue weighted by Crippen LogP contribution is -2.65. The summed E-state index contributed by atoms with van der Waals surface area (Å²) in [6, 6.07) is -0.939. The van der Waals surface area contributed by atoms with Crippen LogP contribution in [0.25, 0.3) is 0 Å². The van der Waals surface area contributed by atoms with Crippen molar-refractivity contribution in [2.75, 3.05) is 19.8 Å². The maximum absolute atomic E-state index is 13.3. The largest absolute Gasteiger partial charge is 0.394 e. The Labute approximate surface area is 486 Å². The highest BCUT2D eigenvalue weighted by Crippen LogP contribution is 2.30. The predicted octanol–water partition coefficient (Wildman–Crippen LogP) is 12.3. The number of carbonyl (C=O) groups excluding carboxylic acids is 1. The SMILES string of the molecule is CCCCCCCCCC/C=C\CCCCCCCCCCCCCC(=O)NC(COC1OC(CO)C(OC2OC(CO)C(O)C(O)C2O)C(O)C1O)C(O)/C=C/CC/C=C/CC/C=C/CCCCCCCCCCCCCCC. The summed E-state index contributed by atoms with van der Waals surface area (Å²) in [5, 5.41) is 87.3. The van der Waals surface area contributed by atoms with Crippen LogP contribution in [0.3, 0.4) is 0 Å². The van der Waals surface area contributed by atoms with E-state index in [4.69, 9.17) is 18.9 Å². The minimum absolute atomic E-state index is 0.252. The molecule has 12 unspecified atom stereocenters. The second-order valence-corrected chi connectivity index (χ2v) is 23.2. The van der Waals surface area contributed by atoms with Crippen LogP contribution in [0.5, 0.6) is 0 Å². The molecule has 0 spiro atoms. The van der Waals surface area contributed by atoms with Crippen molar-refractivity contribution in [1.82, 2.24) is 5.32 Å². The zero-order valence-corrected chi connectivity index (χ0v) is 50.6. The van der Waals surface area contributed by atoms with Gasteiger partial charge in [0.2, 0.25) is 5.91 Å². The number of nitrogens with one attached hydrogen (secondary N) is 1.